The monoisotopic (exact) mass is 486 g/mol. The van der Waals surface area contributed by atoms with Crippen molar-refractivity contribution in [1.82, 2.24) is 15.2 Å². The van der Waals surface area contributed by atoms with Crippen LogP contribution in [0.25, 0.3) is 0 Å². The summed E-state index contributed by atoms with van der Waals surface area (Å²) in [5.41, 5.74) is 2.65. The van der Waals surface area contributed by atoms with Crippen molar-refractivity contribution in [2.45, 2.75) is 45.1 Å². The van der Waals surface area contributed by atoms with E-state index < -0.39 is 24.0 Å². The fourth-order valence-electron chi connectivity index (χ4n) is 4.59. The Morgan fingerprint density at radius 1 is 1.17 bits per heavy atom. The van der Waals surface area contributed by atoms with Crippen molar-refractivity contribution < 1.29 is 28.9 Å². The van der Waals surface area contributed by atoms with Gasteiger partial charge in [-0.3, -0.25) is 14.6 Å². The van der Waals surface area contributed by atoms with Crippen LogP contribution < -0.4 is 15.0 Å². The highest BCUT2D eigenvalue weighted by atomic mass is 19.1. The zero-order chi connectivity index (χ0) is 24.9. The van der Waals surface area contributed by atoms with E-state index in [1.165, 1.54) is 17.0 Å². The number of nitrogens with one attached hydrogen (secondary N) is 1. The van der Waals surface area contributed by atoms with E-state index in [1.807, 2.05) is 6.92 Å². The van der Waals surface area contributed by atoms with Gasteiger partial charge in [0.2, 0.25) is 0 Å². The number of hydrogen-bond donors (Lipinski definition) is 3. The van der Waals surface area contributed by atoms with E-state index >= 15 is 0 Å². The minimum Gasteiger partial charge on any atom is -0.492 e. The molecule has 2 atom stereocenters. The number of nitrogens with zero attached hydrogens (tertiary/aromatic N) is 3. The number of aliphatic hydroxyl groups is 2. The molecule has 188 valence electrons. The van der Waals surface area contributed by atoms with Crippen LogP contribution in [0.4, 0.5) is 10.1 Å². The minimum absolute atomic E-state index is 0.173. The maximum absolute atomic E-state index is 13.6. The number of fused-ring (bicyclic) bond motifs is 1. The molecule has 2 aromatic rings. The third-order valence-electron chi connectivity index (χ3n) is 6.60. The second-order valence-electron chi connectivity index (χ2n) is 8.95. The molecule has 2 aliphatic rings. The van der Waals surface area contributed by atoms with Gasteiger partial charge in [0, 0.05) is 51.2 Å². The van der Waals surface area contributed by atoms with E-state index in [0.717, 1.165) is 29.7 Å². The largest absolute Gasteiger partial charge is 0.492 e. The number of amides is 2. The predicted molar refractivity (Wildman–Crippen MR) is 126 cm³/mol. The smallest absolute Gasteiger partial charge is 0.255 e. The molecule has 0 bridgehead atoms. The normalized spacial score (nSPS) is 17.6. The first-order chi connectivity index (χ1) is 16.9. The highest BCUT2D eigenvalue weighted by Crippen LogP contribution is 2.32. The Kier molecular flexibility index (Phi) is 7.82. The van der Waals surface area contributed by atoms with Gasteiger partial charge in [-0.05, 0) is 55.0 Å². The molecule has 0 aliphatic carbocycles. The fraction of sp³-hybridized carbons (Fsp3) is 0.480. The Morgan fingerprint density at radius 2 is 1.91 bits per heavy atom. The number of aliphatic hydroxyl groups excluding tert-OH is 2. The van der Waals surface area contributed by atoms with Gasteiger partial charge >= 0.3 is 0 Å². The van der Waals surface area contributed by atoms with Crippen molar-refractivity contribution in [3.8, 4) is 5.75 Å². The predicted octanol–water partition coefficient (Wildman–Crippen LogP) is 1.22. The molecule has 3 N–H and O–H groups in total. The number of pyridine rings is 1. The van der Waals surface area contributed by atoms with E-state index in [-0.39, 0.29) is 18.3 Å². The van der Waals surface area contributed by atoms with Gasteiger partial charge in [-0.2, -0.15) is 0 Å². The summed E-state index contributed by atoms with van der Waals surface area (Å²) in [4.78, 5) is 32.6. The van der Waals surface area contributed by atoms with Gasteiger partial charge in [0.1, 0.15) is 11.6 Å². The lowest BCUT2D eigenvalue weighted by atomic mass is 9.96. The average Bonchev–Trinajstić information content (AvgIpc) is 3.31. The Labute approximate surface area is 203 Å². The topological polar surface area (TPSA) is 115 Å². The van der Waals surface area contributed by atoms with Crippen LogP contribution in [0.5, 0.6) is 5.75 Å². The third-order valence-corrected chi connectivity index (χ3v) is 6.60. The molecule has 2 aliphatic heterocycles. The SMILES string of the molecule is CCOc1cc(F)ccc1N1CCC(CNC(=O)[C@H](O)[C@@H](O)C(=O)N2Cc3ccncc3C2)CC1. The van der Waals surface area contributed by atoms with Crippen LogP contribution in [0.1, 0.15) is 30.9 Å². The van der Waals surface area contributed by atoms with Crippen molar-refractivity contribution in [2.24, 2.45) is 5.92 Å². The molecule has 2 amide bonds. The molecule has 4 rings (SSSR count). The standard InChI is InChI=1S/C25H31FN4O5/c1-2-35-21-11-19(26)3-4-20(21)29-9-6-16(7-10-29)12-28-24(33)22(31)23(32)25(34)30-14-17-5-8-27-13-18(17)15-30/h3-5,8,11,13,16,22-23,31-32H,2,6-7,9-10,12,14-15H2,1H3,(H,28,33)/t22-,23-/m1/s1. The number of hydrogen-bond acceptors (Lipinski definition) is 7. The van der Waals surface area contributed by atoms with Crippen LogP contribution in [-0.2, 0) is 22.7 Å². The molecular weight excluding hydrogens is 455 g/mol. The van der Waals surface area contributed by atoms with Gasteiger partial charge in [-0.1, -0.05) is 0 Å². The summed E-state index contributed by atoms with van der Waals surface area (Å²) in [7, 11) is 0. The number of rotatable bonds is 8. The number of ether oxygens (including phenoxy) is 1. The quantitative estimate of drug-likeness (QED) is 0.514. The van der Waals surface area contributed by atoms with Crippen molar-refractivity contribution in [3.05, 3.63) is 53.6 Å². The number of piperidine rings is 1. The Bertz CT molecular complexity index is 1030. The molecule has 10 heteroatoms. The van der Waals surface area contributed by atoms with Gasteiger partial charge in [-0.25, -0.2) is 4.39 Å². The summed E-state index contributed by atoms with van der Waals surface area (Å²) in [5, 5.41) is 23.3. The first kappa shape index (κ1) is 24.9. The summed E-state index contributed by atoms with van der Waals surface area (Å²) in [6.45, 7) is 4.63. The minimum atomic E-state index is -1.85. The number of carbonyl (C=O) groups excluding carboxylic acids is 2. The number of benzene rings is 1. The van der Waals surface area contributed by atoms with Crippen molar-refractivity contribution in [1.29, 1.82) is 0 Å². The molecule has 1 fully saturated rings. The Balaban J connectivity index is 1.24. The van der Waals surface area contributed by atoms with Gasteiger partial charge in [0.05, 0.1) is 12.3 Å². The van der Waals surface area contributed by atoms with Crippen LogP contribution in [0.15, 0.2) is 36.7 Å². The van der Waals surface area contributed by atoms with E-state index in [4.69, 9.17) is 4.74 Å². The molecular formula is C25H31FN4O5. The molecule has 0 unspecified atom stereocenters. The van der Waals surface area contributed by atoms with Crippen molar-refractivity contribution in [3.63, 3.8) is 0 Å². The molecule has 35 heavy (non-hydrogen) atoms. The zero-order valence-electron chi connectivity index (χ0n) is 19.7. The second kappa shape index (κ2) is 11.0. The number of aromatic nitrogens is 1. The summed E-state index contributed by atoms with van der Waals surface area (Å²) in [6.07, 6.45) is 1.17. The average molecular weight is 487 g/mol. The van der Waals surface area contributed by atoms with Crippen LogP contribution >= 0.6 is 0 Å². The van der Waals surface area contributed by atoms with Gasteiger partial charge in [0.15, 0.2) is 12.2 Å². The van der Waals surface area contributed by atoms with E-state index in [1.54, 1.807) is 24.5 Å². The Hall–Kier alpha value is -3.24. The number of halogens is 1. The molecule has 1 saturated heterocycles. The lowest BCUT2D eigenvalue weighted by Crippen LogP contribution is -2.50. The van der Waals surface area contributed by atoms with E-state index in [0.29, 0.717) is 38.5 Å². The molecule has 9 nitrogen and oxygen atoms in total. The van der Waals surface area contributed by atoms with Gasteiger partial charge in [-0.15, -0.1) is 0 Å². The lowest BCUT2D eigenvalue weighted by Gasteiger charge is -2.34. The zero-order valence-corrected chi connectivity index (χ0v) is 19.7. The third kappa shape index (κ3) is 5.71. The number of carbonyl (C=O) groups is 2. The van der Waals surface area contributed by atoms with Crippen LogP contribution in [-0.4, -0.2) is 70.4 Å². The van der Waals surface area contributed by atoms with Gasteiger partial charge in [0.25, 0.3) is 11.8 Å². The summed E-state index contributed by atoms with van der Waals surface area (Å²) in [5.74, 6) is -1.13. The van der Waals surface area contributed by atoms with Crippen molar-refractivity contribution >= 4 is 17.5 Å². The molecule has 3 heterocycles. The number of anilines is 1. The molecule has 1 aromatic carbocycles. The fourth-order valence-corrected chi connectivity index (χ4v) is 4.59. The highest BCUT2D eigenvalue weighted by molar-refractivity contribution is 5.90. The summed E-state index contributed by atoms with van der Waals surface area (Å²) >= 11 is 0. The molecule has 1 aromatic heterocycles. The van der Waals surface area contributed by atoms with Crippen molar-refractivity contribution in [2.75, 3.05) is 31.1 Å². The second-order valence-corrected chi connectivity index (χ2v) is 8.95. The maximum Gasteiger partial charge on any atom is 0.255 e. The van der Waals surface area contributed by atoms with E-state index in [9.17, 15) is 24.2 Å². The molecule has 0 spiro atoms. The van der Waals surface area contributed by atoms with Crippen LogP contribution in [0.3, 0.4) is 0 Å². The molecule has 0 radical (unpaired) electrons. The lowest BCUT2D eigenvalue weighted by molar-refractivity contribution is -0.153. The summed E-state index contributed by atoms with van der Waals surface area (Å²) < 4.78 is 19.2. The summed E-state index contributed by atoms with van der Waals surface area (Å²) in [6, 6.07) is 6.32. The first-order valence-electron chi connectivity index (χ1n) is 11.9. The van der Waals surface area contributed by atoms with E-state index in [2.05, 4.69) is 15.2 Å². The first-order valence-corrected chi connectivity index (χ1v) is 11.9. The maximum atomic E-state index is 13.6. The van der Waals surface area contributed by atoms with Crippen LogP contribution in [0, 0.1) is 11.7 Å². The highest BCUT2D eigenvalue weighted by Gasteiger charge is 2.36. The Morgan fingerprint density at radius 3 is 2.63 bits per heavy atom. The van der Waals surface area contributed by atoms with Crippen LogP contribution in [0.2, 0.25) is 0 Å². The molecule has 0 saturated carbocycles. The van der Waals surface area contributed by atoms with Gasteiger partial charge < -0.3 is 30.1 Å².